The predicted octanol–water partition coefficient (Wildman–Crippen LogP) is 4.50. The molecule has 98 valence electrons. The van der Waals surface area contributed by atoms with Crippen LogP contribution < -0.4 is 5.01 Å². The van der Waals surface area contributed by atoms with Crippen LogP contribution in [0.1, 0.15) is 22.4 Å². The molecule has 2 nitrogen and oxygen atoms in total. The Morgan fingerprint density at radius 2 is 2.21 bits per heavy atom. The van der Waals surface area contributed by atoms with Gasteiger partial charge < -0.3 is 0 Å². The molecule has 0 atom stereocenters. The van der Waals surface area contributed by atoms with E-state index in [0.29, 0.717) is 0 Å². The average molecular weight is 291 g/mol. The molecule has 0 saturated carbocycles. The number of aryl methyl sites for hydroxylation is 1. The van der Waals surface area contributed by atoms with Gasteiger partial charge in [-0.3, -0.25) is 5.01 Å². The van der Waals surface area contributed by atoms with E-state index in [-0.39, 0.29) is 0 Å². The standard InChI is InChI=1S/C15H15ClN2S/c1-11-3-5-14(16)12(9-11)10-13-4-6-15(19-13)18-8-2-7-17-18/h3-7,9H,2,8,10H2,1H3. The van der Waals surface area contributed by atoms with E-state index in [9.17, 15) is 0 Å². The van der Waals surface area contributed by atoms with E-state index >= 15 is 0 Å². The Kier molecular flexibility index (Phi) is 3.58. The van der Waals surface area contributed by atoms with Crippen molar-refractivity contribution in [2.24, 2.45) is 5.10 Å². The molecule has 1 aliphatic rings. The largest absolute Gasteiger partial charge is 0.255 e. The van der Waals surface area contributed by atoms with Crippen LogP contribution in [0.5, 0.6) is 0 Å². The molecule has 2 aromatic rings. The van der Waals surface area contributed by atoms with Crippen LogP contribution in [0.4, 0.5) is 5.00 Å². The molecule has 4 heteroatoms. The molecule has 0 radical (unpaired) electrons. The second-order valence-electron chi connectivity index (χ2n) is 4.72. The number of benzene rings is 1. The quantitative estimate of drug-likeness (QED) is 0.813. The molecule has 0 spiro atoms. The Bertz CT molecular complexity index is 618. The summed E-state index contributed by atoms with van der Waals surface area (Å²) < 4.78 is 0. The van der Waals surface area contributed by atoms with Gasteiger partial charge >= 0.3 is 0 Å². The lowest BCUT2D eigenvalue weighted by molar-refractivity contribution is 0.934. The third-order valence-electron chi connectivity index (χ3n) is 3.16. The molecule has 0 saturated heterocycles. The lowest BCUT2D eigenvalue weighted by Crippen LogP contribution is -2.09. The van der Waals surface area contributed by atoms with Gasteiger partial charge in [0.2, 0.25) is 0 Å². The van der Waals surface area contributed by atoms with Crippen LogP contribution in [-0.4, -0.2) is 12.8 Å². The summed E-state index contributed by atoms with van der Waals surface area (Å²) in [5.74, 6) is 0. The molecule has 2 heterocycles. The highest BCUT2D eigenvalue weighted by molar-refractivity contribution is 7.16. The number of hydrogen-bond acceptors (Lipinski definition) is 3. The van der Waals surface area contributed by atoms with E-state index in [4.69, 9.17) is 11.6 Å². The van der Waals surface area contributed by atoms with Gasteiger partial charge in [0.15, 0.2) is 0 Å². The van der Waals surface area contributed by atoms with Gasteiger partial charge in [-0.25, -0.2) is 0 Å². The van der Waals surface area contributed by atoms with Gasteiger partial charge in [0, 0.05) is 35.5 Å². The molecule has 1 aliphatic heterocycles. The van der Waals surface area contributed by atoms with E-state index in [0.717, 1.165) is 24.4 Å². The van der Waals surface area contributed by atoms with Crippen molar-refractivity contribution in [2.75, 3.05) is 11.6 Å². The Morgan fingerprint density at radius 1 is 1.32 bits per heavy atom. The average Bonchev–Trinajstić information content (AvgIpc) is 3.04. The van der Waals surface area contributed by atoms with Crippen LogP contribution in [0.15, 0.2) is 35.4 Å². The van der Waals surface area contributed by atoms with Gasteiger partial charge in [-0.15, -0.1) is 11.3 Å². The zero-order chi connectivity index (χ0) is 13.2. The van der Waals surface area contributed by atoms with Gasteiger partial charge in [0.05, 0.1) is 0 Å². The molecule has 0 aliphatic carbocycles. The van der Waals surface area contributed by atoms with Crippen molar-refractivity contribution in [3.63, 3.8) is 0 Å². The maximum atomic E-state index is 6.25. The number of thiophene rings is 1. The van der Waals surface area contributed by atoms with Crippen LogP contribution in [0.25, 0.3) is 0 Å². The van der Waals surface area contributed by atoms with Crippen LogP contribution in [-0.2, 0) is 6.42 Å². The van der Waals surface area contributed by atoms with E-state index in [1.807, 2.05) is 18.3 Å². The lowest BCUT2D eigenvalue weighted by atomic mass is 10.1. The summed E-state index contributed by atoms with van der Waals surface area (Å²) in [6.45, 7) is 3.09. The Balaban J connectivity index is 1.80. The van der Waals surface area contributed by atoms with Crippen LogP contribution >= 0.6 is 22.9 Å². The Labute approximate surface area is 122 Å². The second-order valence-corrected chi connectivity index (χ2v) is 6.28. The minimum Gasteiger partial charge on any atom is -0.255 e. The van der Waals surface area contributed by atoms with Crippen molar-refractivity contribution in [2.45, 2.75) is 19.8 Å². The summed E-state index contributed by atoms with van der Waals surface area (Å²) >= 11 is 8.04. The van der Waals surface area contributed by atoms with Crippen molar-refractivity contribution < 1.29 is 0 Å². The first-order valence-corrected chi connectivity index (χ1v) is 7.55. The predicted molar refractivity (Wildman–Crippen MR) is 83.8 cm³/mol. The molecule has 3 rings (SSSR count). The van der Waals surface area contributed by atoms with Crippen molar-refractivity contribution >= 4 is 34.2 Å². The minimum absolute atomic E-state index is 0.847. The topological polar surface area (TPSA) is 15.6 Å². The van der Waals surface area contributed by atoms with E-state index in [1.54, 1.807) is 11.3 Å². The van der Waals surface area contributed by atoms with Crippen LogP contribution in [0.3, 0.4) is 0 Å². The normalized spacial score (nSPS) is 14.3. The maximum absolute atomic E-state index is 6.25. The Hall–Kier alpha value is -1.32. The maximum Gasteiger partial charge on any atom is 0.112 e. The lowest BCUT2D eigenvalue weighted by Gasteiger charge is -2.09. The van der Waals surface area contributed by atoms with Crippen LogP contribution in [0.2, 0.25) is 5.02 Å². The minimum atomic E-state index is 0.847. The van der Waals surface area contributed by atoms with Gasteiger partial charge in [-0.1, -0.05) is 29.3 Å². The van der Waals surface area contributed by atoms with Gasteiger partial charge in [-0.2, -0.15) is 5.10 Å². The Morgan fingerprint density at radius 3 is 3.00 bits per heavy atom. The highest BCUT2D eigenvalue weighted by Crippen LogP contribution is 2.30. The van der Waals surface area contributed by atoms with Crippen molar-refractivity contribution in [1.82, 2.24) is 0 Å². The SMILES string of the molecule is Cc1ccc(Cl)c(Cc2ccc(N3CCC=N3)s2)c1. The summed E-state index contributed by atoms with van der Waals surface area (Å²) in [5, 5.41) is 8.47. The molecule has 0 bridgehead atoms. The number of rotatable bonds is 3. The molecule has 0 amide bonds. The monoisotopic (exact) mass is 290 g/mol. The fourth-order valence-corrected chi connectivity index (χ4v) is 3.38. The third-order valence-corrected chi connectivity index (χ3v) is 4.63. The number of anilines is 1. The van der Waals surface area contributed by atoms with E-state index < -0.39 is 0 Å². The first kappa shape index (κ1) is 12.7. The molecule has 1 aromatic carbocycles. The smallest absolute Gasteiger partial charge is 0.112 e. The molecule has 1 aromatic heterocycles. The molecule has 0 N–H and O–H groups in total. The fourth-order valence-electron chi connectivity index (χ4n) is 2.19. The number of hydrazone groups is 1. The number of hydrogen-bond donors (Lipinski definition) is 0. The van der Waals surface area contributed by atoms with Crippen molar-refractivity contribution in [1.29, 1.82) is 0 Å². The van der Waals surface area contributed by atoms with Crippen molar-refractivity contribution in [3.05, 3.63) is 51.4 Å². The second kappa shape index (κ2) is 5.35. The first-order chi connectivity index (χ1) is 9.22. The summed E-state index contributed by atoms with van der Waals surface area (Å²) in [6, 6.07) is 10.5. The summed E-state index contributed by atoms with van der Waals surface area (Å²) in [7, 11) is 0. The molecule has 0 fully saturated rings. The molecule has 0 unspecified atom stereocenters. The zero-order valence-electron chi connectivity index (χ0n) is 10.8. The third kappa shape index (κ3) is 2.82. The summed E-state index contributed by atoms with van der Waals surface area (Å²) in [6.07, 6.45) is 3.90. The molecule has 19 heavy (non-hydrogen) atoms. The zero-order valence-corrected chi connectivity index (χ0v) is 12.3. The van der Waals surface area contributed by atoms with Crippen LogP contribution in [0, 0.1) is 6.92 Å². The molecular formula is C15H15ClN2S. The highest BCUT2D eigenvalue weighted by atomic mass is 35.5. The van der Waals surface area contributed by atoms with Gasteiger partial charge in [0.25, 0.3) is 0 Å². The van der Waals surface area contributed by atoms with E-state index in [2.05, 4.69) is 35.2 Å². The first-order valence-electron chi connectivity index (χ1n) is 6.36. The van der Waals surface area contributed by atoms with Crippen molar-refractivity contribution in [3.8, 4) is 0 Å². The summed E-state index contributed by atoms with van der Waals surface area (Å²) in [4.78, 5) is 1.32. The fraction of sp³-hybridized carbons (Fsp3) is 0.267. The number of nitrogens with zero attached hydrogens (tertiary/aromatic N) is 2. The highest BCUT2D eigenvalue weighted by Gasteiger charge is 2.12. The van der Waals surface area contributed by atoms with E-state index in [1.165, 1.54) is 21.0 Å². The molecular weight excluding hydrogens is 276 g/mol. The van der Waals surface area contributed by atoms with Gasteiger partial charge in [0.1, 0.15) is 5.00 Å². The number of halogens is 1. The summed E-state index contributed by atoms with van der Waals surface area (Å²) in [5.41, 5.74) is 2.44. The van der Waals surface area contributed by atoms with Gasteiger partial charge in [-0.05, 0) is 30.7 Å².